The number of nitrogens with zero attached hydrogens (tertiary/aromatic N) is 2. The van der Waals surface area contributed by atoms with Crippen molar-refractivity contribution in [3.63, 3.8) is 0 Å². The second-order valence-electron chi connectivity index (χ2n) is 7.23. The van der Waals surface area contributed by atoms with Crippen LogP contribution in [0.4, 0.5) is 10.5 Å². The number of nitrogens with one attached hydrogen (secondary N) is 1. The predicted molar refractivity (Wildman–Crippen MR) is 102 cm³/mol. The number of piperidine rings is 1. The third-order valence-corrected chi connectivity index (χ3v) is 5.47. The number of carbonyl (C=O) groups excluding carboxylic acids is 2. The van der Waals surface area contributed by atoms with Crippen molar-refractivity contribution in [1.82, 2.24) is 9.80 Å². The van der Waals surface area contributed by atoms with Crippen LogP contribution in [-0.4, -0.2) is 54.5 Å². The fraction of sp³-hybridized carbons (Fsp3) is 0.600. The summed E-state index contributed by atoms with van der Waals surface area (Å²) in [5.74, 6) is 1.04. The summed E-state index contributed by atoms with van der Waals surface area (Å²) in [5, 5.41) is 3.05. The van der Waals surface area contributed by atoms with Crippen LogP contribution in [0.2, 0.25) is 0 Å². The second kappa shape index (κ2) is 8.43. The Bertz CT molecular complexity index is 662. The number of likely N-dealkylation sites (tertiary alicyclic amines) is 2. The highest BCUT2D eigenvalue weighted by Gasteiger charge is 2.28. The Kier molecular flexibility index (Phi) is 6.01. The van der Waals surface area contributed by atoms with Gasteiger partial charge in [0.15, 0.2) is 0 Å². The van der Waals surface area contributed by atoms with Gasteiger partial charge in [0.05, 0.1) is 7.11 Å². The minimum atomic E-state index is -0.0456. The molecule has 0 saturated carbocycles. The zero-order valence-electron chi connectivity index (χ0n) is 15.8. The summed E-state index contributed by atoms with van der Waals surface area (Å²) in [6.07, 6.45) is 5.69. The number of ether oxygens (including phenoxy) is 1. The molecule has 0 spiro atoms. The third-order valence-electron chi connectivity index (χ3n) is 5.47. The van der Waals surface area contributed by atoms with Crippen molar-refractivity contribution in [2.75, 3.05) is 32.1 Å². The summed E-state index contributed by atoms with van der Waals surface area (Å²) in [5.41, 5.74) is 1.80. The molecular weight excluding hydrogens is 330 g/mol. The second-order valence-corrected chi connectivity index (χ2v) is 7.23. The molecule has 1 atom stereocenters. The summed E-state index contributed by atoms with van der Waals surface area (Å²) >= 11 is 0. The van der Waals surface area contributed by atoms with Crippen LogP contribution in [-0.2, 0) is 4.79 Å². The van der Waals surface area contributed by atoms with Crippen LogP contribution in [0.3, 0.4) is 0 Å². The van der Waals surface area contributed by atoms with Gasteiger partial charge in [0.2, 0.25) is 5.91 Å². The Balaban J connectivity index is 1.61. The average molecular weight is 359 g/mol. The van der Waals surface area contributed by atoms with Crippen molar-refractivity contribution in [1.29, 1.82) is 0 Å². The number of rotatable bonds is 5. The van der Waals surface area contributed by atoms with Gasteiger partial charge in [0.25, 0.3) is 0 Å². The summed E-state index contributed by atoms with van der Waals surface area (Å²) < 4.78 is 5.22. The molecule has 3 amide bonds. The number of benzene rings is 1. The Morgan fingerprint density at radius 3 is 2.81 bits per heavy atom. The molecule has 0 unspecified atom stereocenters. The lowest BCUT2D eigenvalue weighted by molar-refractivity contribution is -0.127. The van der Waals surface area contributed by atoms with E-state index in [1.54, 1.807) is 7.11 Å². The van der Waals surface area contributed by atoms with Crippen molar-refractivity contribution < 1.29 is 14.3 Å². The van der Waals surface area contributed by atoms with E-state index >= 15 is 0 Å². The average Bonchev–Trinajstić information content (AvgIpc) is 3.06. The number of urea groups is 1. The molecule has 6 nitrogen and oxygen atoms in total. The standard InChI is InChI=1S/C20H29N3O3/c1-15-14-17(26-2)8-9-18(15)21-20(25)23-12-4-3-6-16(23)10-13-22-11-5-7-19(22)24/h8-9,14,16H,3-7,10-13H2,1-2H3,(H,21,25)/t16-/m0/s1. The van der Waals surface area contributed by atoms with Gasteiger partial charge in [-0.25, -0.2) is 4.79 Å². The molecule has 3 rings (SSSR count). The highest BCUT2D eigenvalue weighted by Crippen LogP contribution is 2.25. The van der Waals surface area contributed by atoms with E-state index in [0.29, 0.717) is 6.42 Å². The summed E-state index contributed by atoms with van der Waals surface area (Å²) in [4.78, 5) is 28.6. The number of amides is 3. The van der Waals surface area contributed by atoms with E-state index < -0.39 is 0 Å². The molecule has 1 N–H and O–H groups in total. The zero-order chi connectivity index (χ0) is 18.5. The molecule has 1 aromatic rings. The molecule has 0 aromatic heterocycles. The van der Waals surface area contributed by atoms with E-state index in [4.69, 9.17) is 4.74 Å². The van der Waals surface area contributed by atoms with Crippen molar-refractivity contribution in [2.45, 2.75) is 51.5 Å². The molecule has 26 heavy (non-hydrogen) atoms. The van der Waals surface area contributed by atoms with Gasteiger partial charge in [-0.3, -0.25) is 4.79 Å². The molecule has 0 bridgehead atoms. The van der Waals surface area contributed by atoms with Crippen LogP contribution in [0, 0.1) is 6.92 Å². The van der Waals surface area contributed by atoms with Crippen LogP contribution in [0.15, 0.2) is 18.2 Å². The van der Waals surface area contributed by atoms with Crippen molar-refractivity contribution >= 4 is 17.6 Å². The number of methoxy groups -OCH3 is 1. The first-order valence-electron chi connectivity index (χ1n) is 9.58. The Morgan fingerprint density at radius 1 is 1.27 bits per heavy atom. The van der Waals surface area contributed by atoms with Gasteiger partial charge in [-0.15, -0.1) is 0 Å². The van der Waals surface area contributed by atoms with Gasteiger partial charge in [0, 0.05) is 37.8 Å². The third kappa shape index (κ3) is 4.29. The van der Waals surface area contributed by atoms with Crippen LogP contribution in [0.25, 0.3) is 0 Å². The van der Waals surface area contributed by atoms with Gasteiger partial charge in [-0.05, 0) is 62.8 Å². The lowest BCUT2D eigenvalue weighted by atomic mass is 9.99. The summed E-state index contributed by atoms with van der Waals surface area (Å²) in [6, 6.07) is 5.82. The molecule has 2 saturated heterocycles. The normalized spacial score (nSPS) is 20.4. The van der Waals surface area contributed by atoms with E-state index in [9.17, 15) is 9.59 Å². The quantitative estimate of drug-likeness (QED) is 0.876. The SMILES string of the molecule is COc1ccc(NC(=O)N2CCCC[C@H]2CCN2CCCC2=O)c(C)c1. The van der Waals surface area contributed by atoms with Gasteiger partial charge in [0.1, 0.15) is 5.75 Å². The maximum atomic E-state index is 12.8. The monoisotopic (exact) mass is 359 g/mol. The van der Waals surface area contributed by atoms with Gasteiger partial charge >= 0.3 is 6.03 Å². The first-order valence-corrected chi connectivity index (χ1v) is 9.58. The topological polar surface area (TPSA) is 61.9 Å². The van der Waals surface area contributed by atoms with Crippen LogP contribution >= 0.6 is 0 Å². The molecular formula is C20H29N3O3. The molecule has 2 aliphatic rings. The van der Waals surface area contributed by atoms with E-state index in [0.717, 1.165) is 68.7 Å². The molecule has 0 radical (unpaired) electrons. The number of carbonyl (C=O) groups is 2. The van der Waals surface area contributed by atoms with Crippen molar-refractivity contribution in [3.8, 4) is 5.75 Å². The Hall–Kier alpha value is -2.24. The molecule has 142 valence electrons. The van der Waals surface area contributed by atoms with E-state index in [1.807, 2.05) is 34.9 Å². The smallest absolute Gasteiger partial charge is 0.322 e. The molecule has 6 heteroatoms. The first kappa shape index (κ1) is 18.5. The lowest BCUT2D eigenvalue weighted by Gasteiger charge is -2.36. The van der Waals surface area contributed by atoms with Crippen molar-refractivity contribution in [3.05, 3.63) is 23.8 Å². The molecule has 2 fully saturated rings. The molecule has 2 aliphatic heterocycles. The van der Waals surface area contributed by atoms with E-state index in [1.165, 1.54) is 0 Å². The molecule has 1 aromatic carbocycles. The minimum Gasteiger partial charge on any atom is -0.497 e. The highest BCUT2D eigenvalue weighted by atomic mass is 16.5. The Morgan fingerprint density at radius 2 is 2.12 bits per heavy atom. The van der Waals surface area contributed by atoms with E-state index in [-0.39, 0.29) is 18.0 Å². The number of hydrogen-bond donors (Lipinski definition) is 1. The van der Waals surface area contributed by atoms with Gasteiger partial charge in [-0.1, -0.05) is 0 Å². The van der Waals surface area contributed by atoms with Crippen molar-refractivity contribution in [2.24, 2.45) is 0 Å². The highest BCUT2D eigenvalue weighted by molar-refractivity contribution is 5.90. The van der Waals surface area contributed by atoms with Crippen LogP contribution in [0.5, 0.6) is 5.75 Å². The molecule has 0 aliphatic carbocycles. The largest absolute Gasteiger partial charge is 0.497 e. The zero-order valence-corrected chi connectivity index (χ0v) is 15.8. The lowest BCUT2D eigenvalue weighted by Crippen LogP contribution is -2.47. The van der Waals surface area contributed by atoms with Gasteiger partial charge in [-0.2, -0.15) is 0 Å². The predicted octanol–water partition coefficient (Wildman–Crippen LogP) is 3.40. The van der Waals surface area contributed by atoms with Crippen LogP contribution < -0.4 is 10.1 Å². The number of anilines is 1. The number of aryl methyl sites for hydroxylation is 1. The van der Waals surface area contributed by atoms with E-state index in [2.05, 4.69) is 5.32 Å². The molecule has 2 heterocycles. The maximum absolute atomic E-state index is 12.8. The summed E-state index contributed by atoms with van der Waals surface area (Å²) in [6.45, 7) is 4.36. The van der Waals surface area contributed by atoms with Gasteiger partial charge < -0.3 is 19.9 Å². The van der Waals surface area contributed by atoms with Crippen LogP contribution in [0.1, 0.15) is 44.1 Å². The first-order chi connectivity index (χ1) is 12.6. The fourth-order valence-electron chi connectivity index (χ4n) is 3.90. The number of hydrogen-bond acceptors (Lipinski definition) is 3. The summed E-state index contributed by atoms with van der Waals surface area (Å²) in [7, 11) is 1.64. The fourth-order valence-corrected chi connectivity index (χ4v) is 3.90. The minimum absolute atomic E-state index is 0.0456. The maximum Gasteiger partial charge on any atom is 0.322 e. The Labute approximate surface area is 155 Å².